The Morgan fingerprint density at radius 2 is 2.00 bits per heavy atom. The molecule has 0 fully saturated rings. The number of rotatable bonds is 8. The first-order chi connectivity index (χ1) is 7.65. The van der Waals surface area contributed by atoms with E-state index < -0.39 is 18.0 Å². The van der Waals surface area contributed by atoms with Crippen LogP contribution in [0.1, 0.15) is 20.3 Å². The molecule has 0 bridgehead atoms. The molecule has 1 unspecified atom stereocenters. The molecule has 0 radical (unpaired) electrons. The van der Waals surface area contributed by atoms with Crippen LogP contribution in [0.3, 0.4) is 0 Å². The van der Waals surface area contributed by atoms with Crippen molar-refractivity contribution in [3.8, 4) is 0 Å². The topological polar surface area (TPSA) is 61.8 Å². The maximum Gasteiger partial charge on any atom is 0.347 e. The Kier molecular flexibility index (Phi) is 8.15. The minimum Gasteiger partial charge on any atom is -0.463 e. The number of ether oxygens (including phenoxy) is 3. The number of esters is 2. The third-order valence-corrected chi connectivity index (χ3v) is 1.70. The second-order valence-electron chi connectivity index (χ2n) is 2.87. The van der Waals surface area contributed by atoms with Gasteiger partial charge >= 0.3 is 11.9 Å². The van der Waals surface area contributed by atoms with Gasteiger partial charge in [-0.25, -0.2) is 9.59 Å². The highest BCUT2D eigenvalue weighted by Crippen LogP contribution is 2.03. The van der Waals surface area contributed by atoms with Crippen LogP contribution in [0.15, 0.2) is 12.7 Å². The maximum absolute atomic E-state index is 11.4. The Balaban J connectivity index is 4.19. The van der Waals surface area contributed by atoms with Gasteiger partial charge in [0.1, 0.15) is 0 Å². The quantitative estimate of drug-likeness (QED) is 0.354. The fourth-order valence-corrected chi connectivity index (χ4v) is 0.983. The first-order valence-corrected chi connectivity index (χ1v) is 5.23. The molecular weight excluding hydrogens is 212 g/mol. The van der Waals surface area contributed by atoms with E-state index in [0.29, 0.717) is 13.2 Å². The van der Waals surface area contributed by atoms with Crippen molar-refractivity contribution >= 4 is 11.9 Å². The zero-order chi connectivity index (χ0) is 12.4. The molecule has 0 aromatic heterocycles. The molecule has 0 aliphatic rings. The van der Waals surface area contributed by atoms with Crippen molar-refractivity contribution in [1.82, 2.24) is 0 Å². The third kappa shape index (κ3) is 6.19. The summed E-state index contributed by atoms with van der Waals surface area (Å²) in [5, 5.41) is 0. The van der Waals surface area contributed by atoms with Crippen LogP contribution in [0.2, 0.25) is 0 Å². The largest absolute Gasteiger partial charge is 0.463 e. The molecule has 0 amide bonds. The molecule has 0 rings (SSSR count). The Hall–Kier alpha value is -1.36. The van der Waals surface area contributed by atoms with Crippen LogP contribution < -0.4 is 0 Å². The molecule has 92 valence electrons. The van der Waals surface area contributed by atoms with E-state index in [1.807, 2.05) is 6.92 Å². The van der Waals surface area contributed by atoms with Gasteiger partial charge in [-0.1, -0.05) is 6.58 Å². The standard InChI is InChI=1S/C11H18O5/c1-4-10(12)16-9(7-8-14-5-2)11(13)15-6-3/h4,9H,1,5-8H2,2-3H3. The van der Waals surface area contributed by atoms with Crippen molar-refractivity contribution < 1.29 is 23.8 Å². The average Bonchev–Trinajstić information content (AvgIpc) is 2.28. The summed E-state index contributed by atoms with van der Waals surface area (Å²) in [5.74, 6) is -1.20. The lowest BCUT2D eigenvalue weighted by atomic mass is 10.2. The highest BCUT2D eigenvalue weighted by Gasteiger charge is 2.22. The molecule has 1 atom stereocenters. The van der Waals surface area contributed by atoms with Crippen molar-refractivity contribution in [3.05, 3.63) is 12.7 Å². The lowest BCUT2D eigenvalue weighted by molar-refractivity contribution is -0.166. The van der Waals surface area contributed by atoms with Crippen molar-refractivity contribution in [2.75, 3.05) is 19.8 Å². The van der Waals surface area contributed by atoms with Gasteiger partial charge in [-0.15, -0.1) is 0 Å². The Bertz CT molecular complexity index is 237. The molecule has 0 spiro atoms. The molecule has 5 heteroatoms. The zero-order valence-electron chi connectivity index (χ0n) is 9.73. The molecule has 16 heavy (non-hydrogen) atoms. The predicted molar refractivity (Wildman–Crippen MR) is 57.8 cm³/mol. The van der Waals surface area contributed by atoms with E-state index >= 15 is 0 Å². The van der Waals surface area contributed by atoms with Crippen LogP contribution >= 0.6 is 0 Å². The smallest absolute Gasteiger partial charge is 0.347 e. The van der Waals surface area contributed by atoms with Gasteiger partial charge in [0.25, 0.3) is 0 Å². The summed E-state index contributed by atoms with van der Waals surface area (Å²) < 4.78 is 14.7. The minimum absolute atomic E-state index is 0.246. The van der Waals surface area contributed by atoms with Crippen LogP contribution in [-0.4, -0.2) is 37.9 Å². The first-order valence-electron chi connectivity index (χ1n) is 5.23. The van der Waals surface area contributed by atoms with Crippen LogP contribution in [0.4, 0.5) is 0 Å². The van der Waals surface area contributed by atoms with Gasteiger partial charge in [0.15, 0.2) is 0 Å². The average molecular weight is 230 g/mol. The van der Waals surface area contributed by atoms with Gasteiger partial charge < -0.3 is 14.2 Å². The van der Waals surface area contributed by atoms with E-state index in [1.165, 1.54) is 0 Å². The van der Waals surface area contributed by atoms with Crippen LogP contribution in [-0.2, 0) is 23.8 Å². The molecule has 0 saturated carbocycles. The predicted octanol–water partition coefficient (Wildman–Crippen LogP) is 1.07. The number of carbonyl (C=O) groups is 2. The van der Waals surface area contributed by atoms with Crippen LogP contribution in [0.25, 0.3) is 0 Å². The van der Waals surface area contributed by atoms with Crippen molar-refractivity contribution in [2.45, 2.75) is 26.4 Å². The normalized spacial score (nSPS) is 11.6. The molecule has 0 heterocycles. The lowest BCUT2D eigenvalue weighted by Crippen LogP contribution is -2.30. The second-order valence-corrected chi connectivity index (χ2v) is 2.87. The van der Waals surface area contributed by atoms with E-state index in [9.17, 15) is 9.59 Å². The van der Waals surface area contributed by atoms with Gasteiger partial charge in [0.2, 0.25) is 6.10 Å². The Morgan fingerprint density at radius 1 is 1.31 bits per heavy atom. The second kappa shape index (κ2) is 8.91. The van der Waals surface area contributed by atoms with E-state index in [0.717, 1.165) is 6.08 Å². The zero-order valence-corrected chi connectivity index (χ0v) is 9.73. The van der Waals surface area contributed by atoms with Crippen molar-refractivity contribution in [3.63, 3.8) is 0 Å². The highest BCUT2D eigenvalue weighted by atomic mass is 16.6. The van der Waals surface area contributed by atoms with Gasteiger partial charge in [-0.05, 0) is 13.8 Å². The molecule has 0 aromatic carbocycles. The first kappa shape index (κ1) is 14.6. The van der Waals surface area contributed by atoms with Crippen LogP contribution in [0, 0.1) is 0 Å². The fourth-order valence-electron chi connectivity index (χ4n) is 0.983. The van der Waals surface area contributed by atoms with Crippen molar-refractivity contribution in [1.29, 1.82) is 0 Å². The number of hydrogen-bond donors (Lipinski definition) is 0. The third-order valence-electron chi connectivity index (χ3n) is 1.70. The monoisotopic (exact) mass is 230 g/mol. The summed E-state index contributed by atoms with van der Waals surface area (Å²) in [4.78, 5) is 22.4. The van der Waals surface area contributed by atoms with Gasteiger partial charge in [0.05, 0.1) is 13.2 Å². The highest BCUT2D eigenvalue weighted by molar-refractivity contribution is 5.85. The maximum atomic E-state index is 11.4. The molecule has 0 aliphatic carbocycles. The summed E-state index contributed by atoms with van der Waals surface area (Å²) in [6.07, 6.45) is 0.371. The Labute approximate surface area is 95.4 Å². The van der Waals surface area contributed by atoms with E-state index in [2.05, 4.69) is 6.58 Å². The lowest BCUT2D eigenvalue weighted by Gasteiger charge is -2.15. The van der Waals surface area contributed by atoms with E-state index in [-0.39, 0.29) is 13.0 Å². The number of carbonyl (C=O) groups excluding carboxylic acids is 2. The SMILES string of the molecule is C=CC(=O)OC(CCOCC)C(=O)OCC. The molecule has 0 aromatic rings. The molecule has 0 saturated heterocycles. The summed E-state index contributed by atoms with van der Waals surface area (Å²) in [5.41, 5.74) is 0. The van der Waals surface area contributed by atoms with Gasteiger partial charge in [0, 0.05) is 19.1 Å². The summed E-state index contributed by atoms with van der Waals surface area (Å²) in [7, 11) is 0. The van der Waals surface area contributed by atoms with Crippen LogP contribution in [0.5, 0.6) is 0 Å². The van der Waals surface area contributed by atoms with Gasteiger partial charge in [-0.3, -0.25) is 0 Å². The summed E-state index contributed by atoms with van der Waals surface area (Å²) >= 11 is 0. The molecular formula is C11H18O5. The minimum atomic E-state index is -0.919. The summed E-state index contributed by atoms with van der Waals surface area (Å²) in [6, 6.07) is 0. The van der Waals surface area contributed by atoms with E-state index in [1.54, 1.807) is 6.92 Å². The number of hydrogen-bond acceptors (Lipinski definition) is 5. The fraction of sp³-hybridized carbons (Fsp3) is 0.636. The van der Waals surface area contributed by atoms with Gasteiger partial charge in [-0.2, -0.15) is 0 Å². The summed E-state index contributed by atoms with van der Waals surface area (Å²) in [6.45, 7) is 7.92. The molecule has 5 nitrogen and oxygen atoms in total. The van der Waals surface area contributed by atoms with E-state index in [4.69, 9.17) is 14.2 Å². The molecule has 0 aliphatic heterocycles. The molecule has 0 N–H and O–H groups in total. The van der Waals surface area contributed by atoms with Crippen molar-refractivity contribution in [2.24, 2.45) is 0 Å². The Morgan fingerprint density at radius 3 is 2.50 bits per heavy atom.